The van der Waals surface area contributed by atoms with E-state index < -0.39 is 33.6 Å². The first-order chi connectivity index (χ1) is 14.6. The van der Waals surface area contributed by atoms with Crippen LogP contribution < -0.4 is 10.1 Å². The van der Waals surface area contributed by atoms with Gasteiger partial charge in [-0.3, -0.25) is 4.79 Å². The first-order valence-corrected chi connectivity index (χ1v) is 11.3. The number of alkyl halides is 3. The fourth-order valence-electron chi connectivity index (χ4n) is 3.46. The average Bonchev–Trinajstić information content (AvgIpc) is 2.74. The van der Waals surface area contributed by atoms with E-state index in [0.29, 0.717) is 12.4 Å². The maximum Gasteiger partial charge on any atom is 0.418 e. The first-order valence-electron chi connectivity index (χ1n) is 9.83. The van der Waals surface area contributed by atoms with Gasteiger partial charge in [0.2, 0.25) is 15.9 Å². The van der Waals surface area contributed by atoms with Crippen molar-refractivity contribution in [3.05, 3.63) is 54.1 Å². The number of benzene rings is 2. The van der Waals surface area contributed by atoms with Gasteiger partial charge in [-0.05, 0) is 56.2 Å². The minimum atomic E-state index is -4.58. The lowest BCUT2D eigenvalue weighted by Crippen LogP contribution is -2.41. The standard InChI is InChI=1S/C21H23F3N2O4S/c1-2-30-16-7-9-17(10-8-16)31(28,29)26-13-11-15(12-14-26)20(27)25-19-6-4-3-5-18(19)21(22,23)24/h3-10,15H,2,11-14H2,1H3,(H,25,27). The van der Waals surface area contributed by atoms with Crippen molar-refractivity contribution < 1.29 is 31.1 Å². The molecular formula is C21H23F3N2O4S. The minimum absolute atomic E-state index is 0.106. The molecule has 0 spiro atoms. The van der Waals surface area contributed by atoms with Crippen molar-refractivity contribution in [2.75, 3.05) is 25.0 Å². The van der Waals surface area contributed by atoms with E-state index >= 15 is 0 Å². The molecule has 31 heavy (non-hydrogen) atoms. The van der Waals surface area contributed by atoms with Crippen molar-refractivity contribution in [2.24, 2.45) is 5.92 Å². The van der Waals surface area contributed by atoms with Gasteiger partial charge in [-0.1, -0.05) is 12.1 Å². The number of anilines is 1. The second kappa shape index (κ2) is 9.27. The predicted octanol–water partition coefficient (Wildman–Crippen LogP) is 4.14. The van der Waals surface area contributed by atoms with Gasteiger partial charge in [0.1, 0.15) is 5.75 Å². The summed E-state index contributed by atoms with van der Waals surface area (Å²) in [5, 5.41) is 2.35. The summed E-state index contributed by atoms with van der Waals surface area (Å²) >= 11 is 0. The number of halogens is 3. The molecule has 6 nitrogen and oxygen atoms in total. The van der Waals surface area contributed by atoms with Crippen LogP contribution in [-0.4, -0.2) is 38.3 Å². The van der Waals surface area contributed by atoms with Crippen LogP contribution in [0.4, 0.5) is 18.9 Å². The molecule has 0 unspecified atom stereocenters. The van der Waals surface area contributed by atoms with E-state index in [1.807, 2.05) is 6.92 Å². The maximum absolute atomic E-state index is 13.1. The second-order valence-electron chi connectivity index (χ2n) is 7.12. The number of hydrogen-bond donors (Lipinski definition) is 1. The van der Waals surface area contributed by atoms with Crippen LogP contribution in [0.25, 0.3) is 0 Å². The Balaban J connectivity index is 1.63. The molecule has 1 saturated heterocycles. The molecule has 2 aromatic rings. The van der Waals surface area contributed by atoms with Crippen molar-refractivity contribution in [1.29, 1.82) is 0 Å². The summed E-state index contributed by atoms with van der Waals surface area (Å²) < 4.78 is 71.6. The molecule has 168 valence electrons. The number of carbonyl (C=O) groups is 1. The number of nitrogens with one attached hydrogen (secondary N) is 1. The van der Waals surface area contributed by atoms with Gasteiger partial charge in [0.15, 0.2) is 0 Å². The van der Waals surface area contributed by atoms with Gasteiger partial charge in [0.05, 0.1) is 22.8 Å². The molecule has 1 N–H and O–H groups in total. The third-order valence-corrected chi connectivity index (χ3v) is 7.00. The molecule has 0 radical (unpaired) electrons. The van der Waals surface area contributed by atoms with E-state index in [4.69, 9.17) is 4.74 Å². The van der Waals surface area contributed by atoms with Gasteiger partial charge in [-0.25, -0.2) is 8.42 Å². The molecule has 0 aliphatic carbocycles. The highest BCUT2D eigenvalue weighted by Crippen LogP contribution is 2.35. The zero-order chi connectivity index (χ0) is 22.6. The van der Waals surface area contributed by atoms with Crippen LogP contribution in [0.2, 0.25) is 0 Å². The number of rotatable bonds is 6. The number of sulfonamides is 1. The summed E-state index contributed by atoms with van der Waals surface area (Å²) in [6.45, 7) is 2.50. The SMILES string of the molecule is CCOc1ccc(S(=O)(=O)N2CCC(C(=O)Nc3ccccc3C(F)(F)F)CC2)cc1. The summed E-state index contributed by atoms with van der Waals surface area (Å²) in [6.07, 6.45) is -4.15. The highest BCUT2D eigenvalue weighted by atomic mass is 32.2. The highest BCUT2D eigenvalue weighted by molar-refractivity contribution is 7.89. The smallest absolute Gasteiger partial charge is 0.418 e. The van der Waals surface area contributed by atoms with Gasteiger partial charge < -0.3 is 10.1 Å². The molecule has 0 saturated carbocycles. The lowest BCUT2D eigenvalue weighted by molar-refractivity contribution is -0.137. The third-order valence-electron chi connectivity index (χ3n) is 5.09. The highest BCUT2D eigenvalue weighted by Gasteiger charge is 2.35. The number of hydrogen-bond acceptors (Lipinski definition) is 4. The quantitative estimate of drug-likeness (QED) is 0.709. The van der Waals surface area contributed by atoms with Crippen molar-refractivity contribution >= 4 is 21.6 Å². The zero-order valence-corrected chi connectivity index (χ0v) is 17.7. The molecule has 1 amide bonds. The zero-order valence-electron chi connectivity index (χ0n) is 16.9. The predicted molar refractivity (Wildman–Crippen MR) is 109 cm³/mol. The molecule has 0 aromatic heterocycles. The second-order valence-corrected chi connectivity index (χ2v) is 9.05. The van der Waals surface area contributed by atoms with Crippen LogP contribution >= 0.6 is 0 Å². The van der Waals surface area contributed by atoms with E-state index in [-0.39, 0.29) is 36.5 Å². The van der Waals surface area contributed by atoms with Crippen molar-refractivity contribution in [3.8, 4) is 5.75 Å². The number of para-hydroxylation sites is 1. The van der Waals surface area contributed by atoms with Gasteiger partial charge in [0, 0.05) is 19.0 Å². The Hall–Kier alpha value is -2.59. The van der Waals surface area contributed by atoms with Crippen LogP contribution in [-0.2, 0) is 21.0 Å². The largest absolute Gasteiger partial charge is 0.494 e. The summed E-state index contributed by atoms with van der Waals surface area (Å²) in [6, 6.07) is 10.9. The summed E-state index contributed by atoms with van der Waals surface area (Å²) in [5.41, 5.74) is -1.22. The topological polar surface area (TPSA) is 75.7 Å². The fourth-order valence-corrected chi connectivity index (χ4v) is 4.93. The van der Waals surface area contributed by atoms with Gasteiger partial charge in [-0.15, -0.1) is 0 Å². The Labute approximate surface area is 179 Å². The Morgan fingerprint density at radius 1 is 1.10 bits per heavy atom. The molecule has 10 heteroatoms. The van der Waals surface area contributed by atoms with Crippen LogP contribution in [0.5, 0.6) is 5.75 Å². The third kappa shape index (κ3) is 5.37. The van der Waals surface area contributed by atoms with Crippen LogP contribution in [0.15, 0.2) is 53.4 Å². The minimum Gasteiger partial charge on any atom is -0.494 e. The van der Waals surface area contributed by atoms with Crippen LogP contribution in [0.1, 0.15) is 25.3 Å². The Morgan fingerprint density at radius 2 is 1.71 bits per heavy atom. The number of piperidine rings is 1. The van der Waals surface area contributed by atoms with E-state index in [0.717, 1.165) is 6.07 Å². The Bertz CT molecular complexity index is 1020. The molecular weight excluding hydrogens is 433 g/mol. The van der Waals surface area contributed by atoms with E-state index in [1.165, 1.54) is 34.6 Å². The lowest BCUT2D eigenvalue weighted by Gasteiger charge is -2.30. The van der Waals surface area contributed by atoms with Crippen molar-refractivity contribution in [2.45, 2.75) is 30.8 Å². The maximum atomic E-state index is 13.1. The number of nitrogens with zero attached hydrogens (tertiary/aromatic N) is 1. The summed E-state index contributed by atoms with van der Waals surface area (Å²) in [4.78, 5) is 12.6. The van der Waals surface area contributed by atoms with Gasteiger partial charge in [0.25, 0.3) is 0 Å². The molecule has 3 rings (SSSR count). The molecule has 1 aliphatic rings. The summed E-state index contributed by atoms with van der Waals surface area (Å²) in [5.74, 6) is -0.557. The van der Waals surface area contributed by atoms with E-state index in [9.17, 15) is 26.4 Å². The lowest BCUT2D eigenvalue weighted by atomic mass is 9.97. The van der Waals surface area contributed by atoms with Gasteiger partial charge in [-0.2, -0.15) is 17.5 Å². The molecule has 2 aromatic carbocycles. The van der Waals surface area contributed by atoms with E-state index in [2.05, 4.69) is 5.32 Å². The molecule has 0 bridgehead atoms. The van der Waals surface area contributed by atoms with Crippen LogP contribution in [0.3, 0.4) is 0 Å². The molecule has 1 aliphatic heterocycles. The fraction of sp³-hybridized carbons (Fsp3) is 0.381. The summed E-state index contributed by atoms with van der Waals surface area (Å²) in [7, 11) is -3.73. The van der Waals surface area contributed by atoms with Gasteiger partial charge >= 0.3 is 6.18 Å². The molecule has 0 atom stereocenters. The normalized spacial score (nSPS) is 16.1. The van der Waals surface area contributed by atoms with E-state index in [1.54, 1.807) is 12.1 Å². The average molecular weight is 456 g/mol. The molecule has 1 fully saturated rings. The Kier molecular flexibility index (Phi) is 6.90. The van der Waals surface area contributed by atoms with Crippen LogP contribution in [0, 0.1) is 5.92 Å². The molecule has 1 heterocycles. The number of carbonyl (C=O) groups excluding carboxylic acids is 1. The van der Waals surface area contributed by atoms with Crippen molar-refractivity contribution in [3.63, 3.8) is 0 Å². The monoisotopic (exact) mass is 456 g/mol. The number of ether oxygens (including phenoxy) is 1. The number of amides is 1. The first kappa shape index (κ1) is 23.1. The van der Waals surface area contributed by atoms with Crippen molar-refractivity contribution in [1.82, 2.24) is 4.31 Å². The Morgan fingerprint density at radius 3 is 2.29 bits per heavy atom.